The smallest absolute Gasteiger partial charge is 0.409 e. The zero-order chi connectivity index (χ0) is 14.4. The third kappa shape index (κ3) is 4.20. The van der Waals surface area contributed by atoms with Gasteiger partial charge in [0.25, 0.3) is 0 Å². The van der Waals surface area contributed by atoms with Gasteiger partial charge < -0.3 is 9.64 Å². The highest BCUT2D eigenvalue weighted by Crippen LogP contribution is 2.27. The Morgan fingerprint density at radius 2 is 2.20 bits per heavy atom. The Morgan fingerprint density at radius 3 is 2.85 bits per heavy atom. The van der Waals surface area contributed by atoms with E-state index in [-0.39, 0.29) is 6.09 Å². The van der Waals surface area contributed by atoms with Crippen molar-refractivity contribution in [1.82, 2.24) is 9.88 Å². The fourth-order valence-corrected chi connectivity index (χ4v) is 2.76. The minimum atomic E-state index is -0.167. The van der Waals surface area contributed by atoms with Gasteiger partial charge in [-0.25, -0.2) is 9.78 Å². The molecule has 0 radical (unpaired) electrons. The van der Waals surface area contributed by atoms with Gasteiger partial charge in [-0.15, -0.1) is 0 Å². The van der Waals surface area contributed by atoms with Crippen LogP contribution in [0, 0.1) is 0 Å². The van der Waals surface area contributed by atoms with Crippen molar-refractivity contribution in [2.75, 3.05) is 19.7 Å². The van der Waals surface area contributed by atoms with Crippen LogP contribution in [-0.2, 0) is 4.74 Å². The molecule has 1 amide bonds. The van der Waals surface area contributed by atoms with E-state index in [1.807, 2.05) is 17.0 Å². The van der Waals surface area contributed by atoms with E-state index in [2.05, 4.69) is 33.9 Å². The lowest BCUT2D eigenvalue weighted by atomic mass is 9.93. The molecule has 0 unspecified atom stereocenters. The number of amides is 1. The lowest BCUT2D eigenvalue weighted by Gasteiger charge is -2.31. The number of carbonyl (C=O) groups excluding carboxylic acids is 1. The minimum absolute atomic E-state index is 0.167. The van der Waals surface area contributed by atoms with E-state index in [1.54, 1.807) is 0 Å². The third-order valence-electron chi connectivity index (χ3n) is 3.63. The van der Waals surface area contributed by atoms with Crippen molar-refractivity contribution < 1.29 is 9.53 Å². The van der Waals surface area contributed by atoms with Crippen LogP contribution in [0.3, 0.4) is 0 Å². The predicted molar refractivity (Wildman–Crippen MR) is 81.7 cm³/mol. The van der Waals surface area contributed by atoms with Gasteiger partial charge in [0.1, 0.15) is 4.60 Å². The lowest BCUT2D eigenvalue weighted by molar-refractivity contribution is 0.0914. The molecule has 0 spiro atoms. The number of unbranched alkanes of at least 4 members (excludes halogenated alkanes) is 1. The molecule has 0 N–H and O–H groups in total. The largest absolute Gasteiger partial charge is 0.449 e. The van der Waals surface area contributed by atoms with Crippen LogP contribution in [0.5, 0.6) is 0 Å². The molecular weight excluding hydrogens is 320 g/mol. The summed E-state index contributed by atoms with van der Waals surface area (Å²) in [4.78, 5) is 18.2. The van der Waals surface area contributed by atoms with Gasteiger partial charge in [0.15, 0.2) is 0 Å². The van der Waals surface area contributed by atoms with Crippen molar-refractivity contribution in [3.8, 4) is 0 Å². The number of aromatic nitrogens is 1. The molecule has 2 heterocycles. The van der Waals surface area contributed by atoms with Gasteiger partial charge in [-0.1, -0.05) is 19.4 Å². The predicted octanol–water partition coefficient (Wildman–Crippen LogP) is 3.96. The van der Waals surface area contributed by atoms with Gasteiger partial charge in [-0.3, -0.25) is 0 Å². The molecule has 2 rings (SSSR count). The topological polar surface area (TPSA) is 42.4 Å². The number of pyridine rings is 1. The zero-order valence-corrected chi connectivity index (χ0v) is 13.4. The zero-order valence-electron chi connectivity index (χ0n) is 11.8. The van der Waals surface area contributed by atoms with Crippen molar-refractivity contribution in [2.24, 2.45) is 0 Å². The van der Waals surface area contributed by atoms with Gasteiger partial charge in [-0.2, -0.15) is 0 Å². The summed E-state index contributed by atoms with van der Waals surface area (Å²) < 4.78 is 6.12. The molecule has 0 bridgehead atoms. The summed E-state index contributed by atoms with van der Waals surface area (Å²) in [5.41, 5.74) is 1.11. The first-order chi connectivity index (χ1) is 9.70. The number of ether oxygens (including phenoxy) is 1. The molecule has 5 heteroatoms. The number of piperidine rings is 1. The summed E-state index contributed by atoms with van der Waals surface area (Å²) in [5, 5.41) is 0. The molecule has 1 aromatic rings. The van der Waals surface area contributed by atoms with E-state index in [0.29, 0.717) is 12.5 Å². The van der Waals surface area contributed by atoms with Gasteiger partial charge in [-0.05, 0) is 47.3 Å². The Bertz CT molecular complexity index is 445. The quantitative estimate of drug-likeness (QED) is 0.615. The molecule has 1 aromatic heterocycles. The highest BCUT2D eigenvalue weighted by molar-refractivity contribution is 9.10. The van der Waals surface area contributed by atoms with Crippen LogP contribution in [0.25, 0.3) is 0 Å². The van der Waals surface area contributed by atoms with E-state index in [1.165, 1.54) is 0 Å². The molecule has 1 aliphatic heterocycles. The highest BCUT2D eigenvalue weighted by atomic mass is 79.9. The Morgan fingerprint density at radius 1 is 1.45 bits per heavy atom. The van der Waals surface area contributed by atoms with Crippen molar-refractivity contribution in [2.45, 2.75) is 38.5 Å². The fourth-order valence-electron chi connectivity index (χ4n) is 2.40. The van der Waals surface area contributed by atoms with Gasteiger partial charge in [0.05, 0.1) is 6.61 Å². The normalized spacial score (nSPS) is 16.2. The van der Waals surface area contributed by atoms with Crippen molar-refractivity contribution >= 4 is 22.0 Å². The summed E-state index contributed by atoms with van der Waals surface area (Å²) in [5.74, 6) is 0.437. The maximum atomic E-state index is 11.9. The number of hydrogen-bond donors (Lipinski definition) is 0. The lowest BCUT2D eigenvalue weighted by Crippen LogP contribution is -2.38. The second kappa shape index (κ2) is 7.62. The third-order valence-corrected chi connectivity index (χ3v) is 4.07. The van der Waals surface area contributed by atoms with E-state index < -0.39 is 0 Å². The summed E-state index contributed by atoms with van der Waals surface area (Å²) in [6, 6.07) is 6.01. The molecule has 1 fully saturated rings. The van der Waals surface area contributed by atoms with E-state index in [9.17, 15) is 4.79 Å². The number of likely N-dealkylation sites (tertiary alicyclic amines) is 1. The Balaban J connectivity index is 1.81. The number of nitrogens with zero attached hydrogens (tertiary/aromatic N) is 2. The second-order valence-electron chi connectivity index (χ2n) is 5.11. The molecule has 0 aliphatic carbocycles. The molecule has 0 saturated carbocycles. The molecule has 1 saturated heterocycles. The molecule has 1 aliphatic rings. The molecule has 110 valence electrons. The summed E-state index contributed by atoms with van der Waals surface area (Å²) in [6.45, 7) is 4.13. The SMILES string of the molecule is CCCCOC(=O)N1CCC(c2cccc(Br)n2)CC1. The average molecular weight is 341 g/mol. The standard InChI is InChI=1S/C15H21BrN2O2/c1-2-3-11-20-15(19)18-9-7-12(8-10-18)13-5-4-6-14(16)17-13/h4-6,12H,2-3,7-11H2,1H3. The fraction of sp³-hybridized carbons (Fsp3) is 0.600. The minimum Gasteiger partial charge on any atom is -0.449 e. The first-order valence-corrected chi connectivity index (χ1v) is 8.04. The van der Waals surface area contributed by atoms with Crippen LogP contribution in [0.4, 0.5) is 4.79 Å². The van der Waals surface area contributed by atoms with Crippen LogP contribution in [0.15, 0.2) is 22.8 Å². The molecule has 20 heavy (non-hydrogen) atoms. The number of carbonyl (C=O) groups is 1. The summed E-state index contributed by atoms with van der Waals surface area (Å²) >= 11 is 3.40. The Kier molecular flexibility index (Phi) is 5.83. The Labute approximate surface area is 128 Å². The molecule has 0 aromatic carbocycles. The van der Waals surface area contributed by atoms with Gasteiger partial charge in [0.2, 0.25) is 0 Å². The average Bonchev–Trinajstić information content (AvgIpc) is 2.47. The van der Waals surface area contributed by atoms with Crippen molar-refractivity contribution in [3.63, 3.8) is 0 Å². The van der Waals surface area contributed by atoms with Crippen LogP contribution in [0.2, 0.25) is 0 Å². The first kappa shape index (κ1) is 15.3. The molecule has 4 nitrogen and oxygen atoms in total. The van der Waals surface area contributed by atoms with E-state index >= 15 is 0 Å². The monoisotopic (exact) mass is 340 g/mol. The maximum Gasteiger partial charge on any atom is 0.409 e. The van der Waals surface area contributed by atoms with Crippen molar-refractivity contribution in [3.05, 3.63) is 28.5 Å². The number of rotatable bonds is 4. The maximum absolute atomic E-state index is 11.9. The Hall–Kier alpha value is -1.10. The van der Waals surface area contributed by atoms with Crippen LogP contribution >= 0.6 is 15.9 Å². The number of halogens is 1. The van der Waals surface area contributed by atoms with E-state index in [0.717, 1.165) is 49.1 Å². The van der Waals surface area contributed by atoms with Crippen LogP contribution in [0.1, 0.15) is 44.2 Å². The summed E-state index contributed by atoms with van der Waals surface area (Å²) in [7, 11) is 0. The van der Waals surface area contributed by atoms with Gasteiger partial charge in [0, 0.05) is 24.7 Å². The summed E-state index contributed by atoms with van der Waals surface area (Å²) in [6.07, 6.45) is 3.71. The second-order valence-corrected chi connectivity index (χ2v) is 5.93. The number of hydrogen-bond acceptors (Lipinski definition) is 3. The van der Waals surface area contributed by atoms with Crippen LogP contribution in [-0.4, -0.2) is 35.7 Å². The highest BCUT2D eigenvalue weighted by Gasteiger charge is 2.25. The van der Waals surface area contributed by atoms with E-state index in [4.69, 9.17) is 4.74 Å². The molecule has 0 atom stereocenters. The first-order valence-electron chi connectivity index (χ1n) is 7.25. The molecular formula is C15H21BrN2O2. The van der Waals surface area contributed by atoms with Crippen molar-refractivity contribution in [1.29, 1.82) is 0 Å². The van der Waals surface area contributed by atoms with Gasteiger partial charge >= 0.3 is 6.09 Å². The van der Waals surface area contributed by atoms with Crippen LogP contribution < -0.4 is 0 Å².